The van der Waals surface area contributed by atoms with Gasteiger partial charge in [-0.05, 0) is 29.3 Å². The van der Waals surface area contributed by atoms with Gasteiger partial charge in [0.05, 0.1) is 16.7 Å². The van der Waals surface area contributed by atoms with E-state index in [1.165, 1.54) is 9.80 Å². The van der Waals surface area contributed by atoms with Crippen molar-refractivity contribution in [1.82, 2.24) is 14.8 Å². The number of carbonyl (C=O) groups excluding carboxylic acids is 2. The Morgan fingerprint density at radius 3 is 2.90 bits per heavy atom. The van der Waals surface area contributed by atoms with E-state index in [-0.39, 0.29) is 60.3 Å². The summed E-state index contributed by atoms with van der Waals surface area (Å²) in [7, 11) is 1.60. The minimum atomic E-state index is -0.889. The van der Waals surface area contributed by atoms with Gasteiger partial charge in [-0.1, -0.05) is 24.2 Å². The van der Waals surface area contributed by atoms with Crippen molar-refractivity contribution in [3.8, 4) is 11.5 Å². The molecule has 1 N–H and O–H groups in total. The molecule has 1 fully saturated rings. The number of para-hydroxylation sites is 1. The summed E-state index contributed by atoms with van der Waals surface area (Å²) < 4.78 is 36.6. The lowest BCUT2D eigenvalue weighted by molar-refractivity contribution is -0.157. The molecule has 146 valence electrons. The molecule has 3 aliphatic heterocycles. The van der Waals surface area contributed by atoms with Crippen molar-refractivity contribution in [2.75, 3.05) is 20.4 Å². The molecule has 2 amide bonds. The number of hydrogen-bond donors (Lipinski definition) is 1. The fraction of sp³-hybridized carbons (Fsp3) is 0.273. The van der Waals surface area contributed by atoms with Crippen LogP contribution in [0.15, 0.2) is 42.4 Å². The maximum absolute atomic E-state index is 13.2. The van der Waals surface area contributed by atoms with Crippen molar-refractivity contribution in [2.24, 2.45) is 0 Å². The molecule has 6 rings (SSSR count). The Kier molecular flexibility index (Phi) is 2.71. The lowest BCUT2D eigenvalue weighted by atomic mass is 9.86. The van der Waals surface area contributed by atoms with Crippen LogP contribution in [0.25, 0.3) is 10.9 Å². The van der Waals surface area contributed by atoms with Crippen molar-refractivity contribution in [1.29, 1.82) is 0 Å². The van der Waals surface area contributed by atoms with Gasteiger partial charge in [-0.15, -0.1) is 0 Å². The van der Waals surface area contributed by atoms with Crippen LogP contribution in [0, 0.1) is 0 Å². The van der Waals surface area contributed by atoms with Crippen molar-refractivity contribution in [3.63, 3.8) is 0 Å². The first-order valence-corrected chi connectivity index (χ1v) is 9.43. The molecule has 0 aliphatic carbocycles. The number of aromatic nitrogens is 1. The van der Waals surface area contributed by atoms with Gasteiger partial charge < -0.3 is 24.3 Å². The topological polar surface area (TPSA) is 74.9 Å². The first-order valence-electron chi connectivity index (χ1n) is 10.9. The van der Waals surface area contributed by atoms with E-state index < -0.39 is 12.1 Å². The third-order valence-corrected chi connectivity index (χ3v) is 5.90. The molecule has 0 radical (unpaired) electrons. The zero-order chi connectivity index (χ0) is 22.3. The molecule has 2 atom stereocenters. The third kappa shape index (κ3) is 2.24. The van der Waals surface area contributed by atoms with E-state index in [1.54, 1.807) is 7.05 Å². The summed E-state index contributed by atoms with van der Waals surface area (Å²) in [6.07, 6.45) is 0.337. The van der Waals surface area contributed by atoms with Gasteiger partial charge in [0, 0.05) is 30.1 Å². The first kappa shape index (κ1) is 13.7. The lowest BCUT2D eigenvalue weighted by Crippen LogP contribution is -2.62. The summed E-state index contributed by atoms with van der Waals surface area (Å²) >= 11 is 0. The zero-order valence-electron chi connectivity index (χ0n) is 18.6. The Bertz CT molecular complexity index is 1340. The monoisotopic (exact) mass is 392 g/mol. The van der Waals surface area contributed by atoms with Gasteiger partial charge in [0.1, 0.15) is 6.04 Å². The minimum Gasteiger partial charge on any atom is -0.454 e. The van der Waals surface area contributed by atoms with Crippen LogP contribution < -0.4 is 9.47 Å². The number of carbonyl (C=O) groups is 2. The molecule has 0 bridgehead atoms. The van der Waals surface area contributed by atoms with E-state index in [1.807, 2.05) is 24.3 Å². The molecule has 1 saturated heterocycles. The molecule has 3 aromatic rings. The van der Waals surface area contributed by atoms with Crippen molar-refractivity contribution in [2.45, 2.75) is 18.5 Å². The molecular weight excluding hydrogens is 370 g/mol. The molecule has 0 spiro atoms. The largest absolute Gasteiger partial charge is 0.454 e. The van der Waals surface area contributed by atoms with E-state index in [4.69, 9.17) is 13.6 Å². The van der Waals surface area contributed by atoms with Crippen molar-refractivity contribution >= 4 is 22.7 Å². The molecule has 3 aliphatic rings. The van der Waals surface area contributed by atoms with Gasteiger partial charge >= 0.3 is 0 Å². The van der Waals surface area contributed by atoms with Crippen LogP contribution in [0.2, 0.25) is 0 Å². The van der Waals surface area contributed by atoms with Crippen LogP contribution in [0.5, 0.6) is 11.5 Å². The molecule has 29 heavy (non-hydrogen) atoms. The molecule has 1 unspecified atom stereocenters. The fourth-order valence-electron chi connectivity index (χ4n) is 4.59. The number of rotatable bonds is 1. The Hall–Kier alpha value is -3.48. The Balaban J connectivity index is 1.67. The number of ether oxygens (including phenoxy) is 2. The highest BCUT2D eigenvalue weighted by atomic mass is 16.7. The van der Waals surface area contributed by atoms with Crippen LogP contribution in [0.3, 0.4) is 0 Å². The van der Waals surface area contributed by atoms with Gasteiger partial charge in [0.15, 0.2) is 11.5 Å². The fourth-order valence-corrected chi connectivity index (χ4v) is 4.59. The number of nitrogens with one attached hydrogen (secondary N) is 1. The molecule has 1 aromatic heterocycles. The van der Waals surface area contributed by atoms with Gasteiger partial charge in [-0.3, -0.25) is 9.59 Å². The van der Waals surface area contributed by atoms with Crippen molar-refractivity contribution < 1.29 is 23.2 Å². The average molecular weight is 392 g/mol. The molecule has 0 saturated carbocycles. The Morgan fingerprint density at radius 1 is 1.17 bits per heavy atom. The summed E-state index contributed by atoms with van der Waals surface area (Å²) in [4.78, 5) is 32.6. The second-order valence-electron chi connectivity index (χ2n) is 7.53. The number of H-pyrrole nitrogens is 1. The molecule has 7 heteroatoms. The zero-order valence-corrected chi connectivity index (χ0v) is 15.6. The average Bonchev–Trinajstić information content (AvgIpc) is 3.41. The highest BCUT2D eigenvalue weighted by molar-refractivity contribution is 5.97. The molecule has 7 nitrogen and oxygen atoms in total. The van der Waals surface area contributed by atoms with Gasteiger partial charge in [0.2, 0.25) is 18.6 Å². The van der Waals surface area contributed by atoms with Gasteiger partial charge in [-0.25, -0.2) is 0 Å². The van der Waals surface area contributed by atoms with E-state index in [0.717, 1.165) is 16.5 Å². The van der Waals surface area contributed by atoms with Crippen LogP contribution in [0.4, 0.5) is 0 Å². The standard InChI is InChI=1S/C22H19N3O4/c1-24-10-19(26)25-16(22(24)27)9-14-13-4-2-3-5-15(13)23-20(14)21(25)12-6-7-17-18(8-12)29-11-28-17/h2-8,16,21,23H,9-11H2,1H3/t16-,21?/m1/s1/i6D,7D,8D. The number of fused-ring (bicyclic) bond motifs is 5. The summed E-state index contributed by atoms with van der Waals surface area (Å²) in [5, 5.41) is 0.936. The molecular formula is C22H19N3O4. The van der Waals surface area contributed by atoms with Crippen LogP contribution in [-0.2, 0) is 16.0 Å². The van der Waals surface area contributed by atoms with Crippen LogP contribution in [0.1, 0.15) is 27.0 Å². The van der Waals surface area contributed by atoms with Crippen LogP contribution in [-0.4, -0.2) is 53.0 Å². The number of piperazine rings is 1. The lowest BCUT2D eigenvalue weighted by Gasteiger charge is -2.46. The number of benzene rings is 2. The maximum atomic E-state index is 13.2. The number of amides is 2. The Labute approximate surface area is 171 Å². The highest BCUT2D eigenvalue weighted by Crippen LogP contribution is 2.44. The summed E-state index contributed by atoms with van der Waals surface area (Å²) in [6.45, 7) is -0.215. The highest BCUT2D eigenvalue weighted by Gasteiger charge is 2.47. The first-order chi connectivity index (χ1) is 15.4. The van der Waals surface area contributed by atoms with E-state index in [0.29, 0.717) is 12.1 Å². The predicted octanol–water partition coefficient (Wildman–Crippen LogP) is 2.21. The summed E-state index contributed by atoms with van der Waals surface area (Å²) in [5.74, 6) is -0.299. The minimum absolute atomic E-state index is 0.0637. The molecule has 4 heterocycles. The number of aromatic amines is 1. The van der Waals surface area contributed by atoms with Crippen molar-refractivity contribution in [3.05, 3.63) is 59.2 Å². The van der Waals surface area contributed by atoms with E-state index in [2.05, 4.69) is 4.98 Å². The number of hydrogen-bond acceptors (Lipinski definition) is 4. The third-order valence-electron chi connectivity index (χ3n) is 5.90. The smallest absolute Gasteiger partial charge is 0.245 e. The SMILES string of the molecule is [2H]c1c([2H])c(C2c3[nH]c4ccccc4c3C[C@@H]3C(=O)N(C)CC(=O)N23)c([2H])c2c1OCO2. The number of nitrogens with zero attached hydrogens (tertiary/aromatic N) is 2. The van der Waals surface area contributed by atoms with Gasteiger partial charge in [0.25, 0.3) is 0 Å². The van der Waals surface area contributed by atoms with E-state index in [9.17, 15) is 9.59 Å². The van der Waals surface area contributed by atoms with E-state index >= 15 is 0 Å². The summed E-state index contributed by atoms with van der Waals surface area (Å²) in [6, 6.07) is 5.51. The number of likely N-dealkylation sites (N-methyl/N-ethyl adjacent to an activating group) is 1. The van der Waals surface area contributed by atoms with Crippen LogP contribution >= 0.6 is 0 Å². The normalized spacial score (nSPS) is 24.2. The predicted molar refractivity (Wildman–Crippen MR) is 105 cm³/mol. The second-order valence-corrected chi connectivity index (χ2v) is 7.53. The maximum Gasteiger partial charge on any atom is 0.245 e. The van der Waals surface area contributed by atoms with Gasteiger partial charge in [-0.2, -0.15) is 0 Å². The quantitative estimate of drug-likeness (QED) is 0.689. The summed E-state index contributed by atoms with van der Waals surface area (Å²) in [5.41, 5.74) is 2.54. The Morgan fingerprint density at radius 2 is 2.00 bits per heavy atom. The molecule has 2 aromatic carbocycles. The second kappa shape index (κ2) is 5.76.